The highest BCUT2D eigenvalue weighted by molar-refractivity contribution is 9.10. The fraction of sp³-hybridized carbons (Fsp3) is 0.455. The zero-order valence-electron chi connectivity index (χ0n) is 9.94. The summed E-state index contributed by atoms with van der Waals surface area (Å²) in [5.74, 6) is -1.33. The highest BCUT2D eigenvalue weighted by Gasteiger charge is 2.37. The molecule has 1 N–H and O–H groups in total. The Balaban J connectivity index is 2.87. The Labute approximate surface area is 122 Å². The maximum absolute atomic E-state index is 11.8. The van der Waals surface area contributed by atoms with Gasteiger partial charge in [-0.15, -0.1) is 11.3 Å². The maximum Gasteiger partial charge on any atom is 0.322 e. The number of thiophene rings is 1. The molecule has 1 unspecified atom stereocenters. The van der Waals surface area contributed by atoms with Crippen molar-refractivity contribution in [3.05, 3.63) is 15.9 Å². The van der Waals surface area contributed by atoms with Crippen molar-refractivity contribution in [2.45, 2.75) is 28.7 Å². The largest absolute Gasteiger partial charge is 0.481 e. The maximum atomic E-state index is 11.8. The number of thioether (sulfide) groups is 1. The van der Waals surface area contributed by atoms with Crippen LogP contribution in [0.2, 0.25) is 0 Å². The molecule has 1 aromatic rings. The average Bonchev–Trinajstić information content (AvgIpc) is 2.71. The van der Waals surface area contributed by atoms with E-state index in [2.05, 4.69) is 15.9 Å². The molecule has 0 fully saturated rings. The van der Waals surface area contributed by atoms with Crippen LogP contribution in [0.4, 0.5) is 0 Å². The molecular formula is C11H13BrO4S2. The average molecular weight is 353 g/mol. The van der Waals surface area contributed by atoms with Crippen molar-refractivity contribution >= 4 is 51.0 Å². The van der Waals surface area contributed by atoms with Crippen molar-refractivity contribution in [2.24, 2.45) is 0 Å². The van der Waals surface area contributed by atoms with Gasteiger partial charge in [0.15, 0.2) is 0 Å². The molecule has 0 aliphatic rings. The van der Waals surface area contributed by atoms with E-state index in [1.165, 1.54) is 30.2 Å². The number of carbonyl (C=O) groups is 2. The first-order valence-corrected chi connectivity index (χ1v) is 7.60. The summed E-state index contributed by atoms with van der Waals surface area (Å²) in [7, 11) is 1.31. The van der Waals surface area contributed by atoms with Gasteiger partial charge < -0.3 is 9.84 Å². The molecule has 0 saturated heterocycles. The van der Waals surface area contributed by atoms with Crippen LogP contribution in [0.1, 0.15) is 19.8 Å². The van der Waals surface area contributed by atoms with E-state index >= 15 is 0 Å². The first-order chi connectivity index (χ1) is 8.39. The van der Waals surface area contributed by atoms with Crippen LogP contribution in [0, 0.1) is 0 Å². The summed E-state index contributed by atoms with van der Waals surface area (Å²) in [6.45, 7) is 1.71. The molecule has 1 rings (SSSR count). The van der Waals surface area contributed by atoms with Crippen LogP contribution < -0.4 is 0 Å². The predicted molar refractivity (Wildman–Crippen MR) is 75.2 cm³/mol. The highest BCUT2D eigenvalue weighted by Crippen LogP contribution is 2.43. The Morgan fingerprint density at radius 2 is 2.28 bits per heavy atom. The molecule has 0 aliphatic carbocycles. The minimum atomic E-state index is -0.920. The molecule has 18 heavy (non-hydrogen) atoms. The van der Waals surface area contributed by atoms with Crippen LogP contribution >= 0.6 is 39.0 Å². The first-order valence-electron chi connectivity index (χ1n) is 5.11. The molecule has 0 saturated carbocycles. The van der Waals surface area contributed by atoms with E-state index in [1.807, 2.05) is 11.4 Å². The number of carbonyl (C=O) groups excluding carboxylic acids is 1. The lowest BCUT2D eigenvalue weighted by Crippen LogP contribution is -2.33. The molecule has 0 bridgehead atoms. The van der Waals surface area contributed by atoms with E-state index in [0.717, 1.165) is 8.68 Å². The number of esters is 1. The van der Waals surface area contributed by atoms with Crippen LogP contribution in [-0.2, 0) is 14.3 Å². The van der Waals surface area contributed by atoms with Gasteiger partial charge in [-0.25, -0.2) is 0 Å². The zero-order chi connectivity index (χ0) is 13.8. The Morgan fingerprint density at radius 1 is 1.61 bits per heavy atom. The number of rotatable bonds is 6. The molecule has 4 nitrogen and oxygen atoms in total. The fourth-order valence-corrected chi connectivity index (χ4v) is 4.51. The van der Waals surface area contributed by atoms with Gasteiger partial charge in [-0.1, -0.05) is 11.8 Å². The summed E-state index contributed by atoms with van der Waals surface area (Å²) in [5.41, 5.74) is 0. The summed E-state index contributed by atoms with van der Waals surface area (Å²) in [4.78, 5) is 22.5. The first kappa shape index (κ1) is 15.5. The standard InChI is InChI=1S/C11H13BrO4S2/c1-11(10(15)16-2,5-3-8(13)14)18-9-7(12)4-6-17-9/h4,6H,3,5H2,1-2H3,(H,13,14). The minimum absolute atomic E-state index is 0.0679. The van der Waals surface area contributed by atoms with Gasteiger partial charge in [-0.05, 0) is 40.7 Å². The SMILES string of the molecule is COC(=O)C(C)(CCC(=O)O)Sc1sccc1Br. The van der Waals surface area contributed by atoms with Gasteiger partial charge in [0.25, 0.3) is 0 Å². The van der Waals surface area contributed by atoms with E-state index in [-0.39, 0.29) is 12.8 Å². The number of hydrogen-bond acceptors (Lipinski definition) is 5. The summed E-state index contributed by atoms with van der Waals surface area (Å²) in [5, 5.41) is 10.6. The predicted octanol–water partition coefficient (Wildman–Crippen LogP) is 3.40. The number of methoxy groups -OCH3 is 1. The summed E-state index contributed by atoms with van der Waals surface area (Å²) in [6.07, 6.45) is 0.158. The Morgan fingerprint density at radius 3 is 2.72 bits per heavy atom. The third kappa shape index (κ3) is 4.00. The van der Waals surface area contributed by atoms with E-state index < -0.39 is 16.7 Å². The third-order valence-electron chi connectivity index (χ3n) is 2.34. The summed E-state index contributed by atoms with van der Waals surface area (Å²) >= 11 is 6.22. The molecule has 1 aromatic heterocycles. The van der Waals surface area contributed by atoms with Gasteiger partial charge >= 0.3 is 11.9 Å². The Bertz CT molecular complexity index is 446. The number of hydrogen-bond donors (Lipinski definition) is 1. The number of carboxylic acids is 1. The lowest BCUT2D eigenvalue weighted by Gasteiger charge is -2.24. The van der Waals surface area contributed by atoms with Gasteiger partial charge in [0, 0.05) is 10.9 Å². The third-order valence-corrected chi connectivity index (χ3v) is 5.99. The van der Waals surface area contributed by atoms with Crippen molar-refractivity contribution in [1.29, 1.82) is 0 Å². The van der Waals surface area contributed by atoms with Crippen molar-refractivity contribution in [3.8, 4) is 0 Å². The number of ether oxygens (including phenoxy) is 1. The van der Waals surface area contributed by atoms with E-state index in [1.54, 1.807) is 6.92 Å². The van der Waals surface area contributed by atoms with Crippen molar-refractivity contribution < 1.29 is 19.4 Å². The molecule has 7 heteroatoms. The molecule has 100 valence electrons. The van der Waals surface area contributed by atoms with Crippen LogP contribution in [0.15, 0.2) is 20.1 Å². The quantitative estimate of drug-likeness (QED) is 0.627. The lowest BCUT2D eigenvalue weighted by atomic mass is 10.1. The van der Waals surface area contributed by atoms with Gasteiger partial charge in [-0.3, -0.25) is 9.59 Å². The van der Waals surface area contributed by atoms with E-state index in [9.17, 15) is 9.59 Å². The van der Waals surface area contributed by atoms with Crippen LogP contribution in [-0.4, -0.2) is 28.9 Å². The molecular weight excluding hydrogens is 340 g/mol. The Hall–Kier alpha value is -0.530. The van der Waals surface area contributed by atoms with E-state index in [0.29, 0.717) is 0 Å². The second-order valence-electron chi connectivity index (χ2n) is 3.77. The number of carboxylic acid groups (broad SMARTS) is 1. The van der Waals surface area contributed by atoms with Gasteiger partial charge in [0.2, 0.25) is 0 Å². The van der Waals surface area contributed by atoms with Gasteiger partial charge in [0.1, 0.15) is 4.75 Å². The summed E-state index contributed by atoms with van der Waals surface area (Å²) in [6, 6.07) is 1.89. The van der Waals surface area contributed by atoms with Gasteiger partial charge in [0.05, 0.1) is 11.3 Å². The highest BCUT2D eigenvalue weighted by atomic mass is 79.9. The molecule has 0 radical (unpaired) electrons. The normalized spacial score (nSPS) is 13.9. The number of aliphatic carboxylic acids is 1. The molecule has 0 aliphatic heterocycles. The van der Waals surface area contributed by atoms with Crippen molar-refractivity contribution in [3.63, 3.8) is 0 Å². The Kier molecular flexibility index (Phi) is 5.68. The molecule has 1 atom stereocenters. The smallest absolute Gasteiger partial charge is 0.322 e. The fourth-order valence-electron chi connectivity index (χ4n) is 1.31. The molecule has 0 spiro atoms. The monoisotopic (exact) mass is 352 g/mol. The second-order valence-corrected chi connectivity index (χ2v) is 7.32. The zero-order valence-corrected chi connectivity index (χ0v) is 13.2. The van der Waals surface area contributed by atoms with Gasteiger partial charge in [-0.2, -0.15) is 0 Å². The molecule has 0 aromatic carbocycles. The second kappa shape index (κ2) is 6.58. The topological polar surface area (TPSA) is 63.6 Å². The van der Waals surface area contributed by atoms with Crippen molar-refractivity contribution in [1.82, 2.24) is 0 Å². The molecule has 0 amide bonds. The minimum Gasteiger partial charge on any atom is -0.481 e. The van der Waals surface area contributed by atoms with Crippen LogP contribution in [0.25, 0.3) is 0 Å². The van der Waals surface area contributed by atoms with Crippen molar-refractivity contribution in [2.75, 3.05) is 7.11 Å². The van der Waals surface area contributed by atoms with Crippen LogP contribution in [0.5, 0.6) is 0 Å². The lowest BCUT2D eigenvalue weighted by molar-refractivity contribution is -0.143. The number of halogens is 1. The van der Waals surface area contributed by atoms with Crippen LogP contribution in [0.3, 0.4) is 0 Å². The molecule has 1 heterocycles. The van der Waals surface area contributed by atoms with E-state index in [4.69, 9.17) is 9.84 Å². The summed E-state index contributed by atoms with van der Waals surface area (Å²) < 4.78 is 5.73.